The molecular weight excluding hydrogens is 196 g/mol. The van der Waals surface area contributed by atoms with Gasteiger partial charge in [-0.05, 0) is 42.9 Å². The third-order valence-corrected chi connectivity index (χ3v) is 3.07. The molecule has 4 N–H and O–H groups in total. The lowest BCUT2D eigenvalue weighted by molar-refractivity contribution is 0.760. The van der Waals surface area contributed by atoms with Crippen LogP contribution in [0.15, 0.2) is 12.1 Å². The third-order valence-electron chi connectivity index (χ3n) is 3.07. The molecule has 1 rings (SSSR count). The Morgan fingerprint density at radius 1 is 0.938 bits per heavy atom. The van der Waals surface area contributed by atoms with E-state index in [0.29, 0.717) is 0 Å². The van der Waals surface area contributed by atoms with Crippen LogP contribution in [0.25, 0.3) is 0 Å². The summed E-state index contributed by atoms with van der Waals surface area (Å²) in [5, 5.41) is 0. The highest BCUT2D eigenvalue weighted by Crippen LogP contribution is 2.26. The van der Waals surface area contributed by atoms with E-state index in [0.717, 1.165) is 24.2 Å². The number of aryl methyl sites for hydroxylation is 1. The van der Waals surface area contributed by atoms with E-state index in [4.69, 9.17) is 11.5 Å². The average Bonchev–Trinajstić information content (AvgIpc) is 2.29. The maximum Gasteiger partial charge on any atom is 0.0583 e. The number of nitrogens with two attached hydrogens (primary N) is 2. The van der Waals surface area contributed by atoms with Crippen molar-refractivity contribution in [3.05, 3.63) is 23.3 Å². The second kappa shape index (κ2) is 6.41. The summed E-state index contributed by atoms with van der Waals surface area (Å²) >= 11 is 0. The molecule has 0 aliphatic rings. The van der Waals surface area contributed by atoms with Gasteiger partial charge in [0, 0.05) is 0 Å². The maximum absolute atomic E-state index is 6.07. The molecule has 0 heterocycles. The summed E-state index contributed by atoms with van der Waals surface area (Å²) in [5.74, 6) is 0. The highest BCUT2D eigenvalue weighted by molar-refractivity contribution is 5.69. The molecule has 0 amide bonds. The molecule has 0 unspecified atom stereocenters. The third kappa shape index (κ3) is 3.16. The van der Waals surface area contributed by atoms with Gasteiger partial charge in [-0.25, -0.2) is 0 Å². The van der Waals surface area contributed by atoms with Crippen LogP contribution in [-0.2, 0) is 12.8 Å². The van der Waals surface area contributed by atoms with Crippen LogP contribution in [0.4, 0.5) is 11.4 Å². The molecule has 0 atom stereocenters. The average molecular weight is 220 g/mol. The molecular formula is C14H24N2. The van der Waals surface area contributed by atoms with E-state index in [1.54, 1.807) is 0 Å². The summed E-state index contributed by atoms with van der Waals surface area (Å²) in [4.78, 5) is 0. The van der Waals surface area contributed by atoms with E-state index in [1.165, 1.54) is 36.8 Å². The lowest BCUT2D eigenvalue weighted by atomic mass is 9.95. The zero-order valence-corrected chi connectivity index (χ0v) is 10.6. The van der Waals surface area contributed by atoms with E-state index >= 15 is 0 Å². The zero-order valence-electron chi connectivity index (χ0n) is 10.6. The summed E-state index contributed by atoms with van der Waals surface area (Å²) < 4.78 is 0. The Morgan fingerprint density at radius 2 is 1.56 bits per heavy atom. The van der Waals surface area contributed by atoms with Gasteiger partial charge in [-0.3, -0.25) is 0 Å². The van der Waals surface area contributed by atoms with Crippen LogP contribution in [0.3, 0.4) is 0 Å². The number of rotatable bonds is 6. The Bertz CT molecular complexity index is 332. The number of anilines is 2. The van der Waals surface area contributed by atoms with Crippen LogP contribution in [0, 0.1) is 0 Å². The number of unbranched alkanes of at least 4 members (excludes halogenated alkanes) is 2. The van der Waals surface area contributed by atoms with Crippen molar-refractivity contribution in [1.82, 2.24) is 0 Å². The van der Waals surface area contributed by atoms with Gasteiger partial charge in [0.25, 0.3) is 0 Å². The Balaban J connectivity index is 2.91. The monoisotopic (exact) mass is 220 g/mol. The van der Waals surface area contributed by atoms with Crippen molar-refractivity contribution in [3.63, 3.8) is 0 Å². The molecule has 0 saturated heterocycles. The van der Waals surface area contributed by atoms with Crippen LogP contribution in [0.5, 0.6) is 0 Å². The van der Waals surface area contributed by atoms with Crippen LogP contribution >= 0.6 is 0 Å². The van der Waals surface area contributed by atoms with Crippen molar-refractivity contribution in [2.45, 2.75) is 52.4 Å². The molecule has 1 aromatic carbocycles. The van der Waals surface area contributed by atoms with E-state index < -0.39 is 0 Å². The molecule has 0 fully saturated rings. The smallest absolute Gasteiger partial charge is 0.0583 e. The van der Waals surface area contributed by atoms with E-state index in [9.17, 15) is 0 Å². The zero-order chi connectivity index (χ0) is 12.0. The Labute approximate surface area is 99.0 Å². The van der Waals surface area contributed by atoms with Gasteiger partial charge in [-0.2, -0.15) is 0 Å². The van der Waals surface area contributed by atoms with Crippen LogP contribution in [0.2, 0.25) is 0 Å². The lowest BCUT2D eigenvalue weighted by Crippen LogP contribution is -2.04. The first-order valence-electron chi connectivity index (χ1n) is 6.36. The largest absolute Gasteiger partial charge is 0.397 e. The number of benzene rings is 1. The normalized spacial score (nSPS) is 10.6. The lowest BCUT2D eigenvalue weighted by Gasteiger charge is -2.14. The van der Waals surface area contributed by atoms with Crippen molar-refractivity contribution in [1.29, 1.82) is 0 Å². The van der Waals surface area contributed by atoms with Crippen LogP contribution < -0.4 is 11.5 Å². The van der Waals surface area contributed by atoms with Crippen molar-refractivity contribution in [2.24, 2.45) is 0 Å². The van der Waals surface area contributed by atoms with Gasteiger partial charge in [0.2, 0.25) is 0 Å². The second-order valence-electron chi connectivity index (χ2n) is 4.41. The second-order valence-corrected chi connectivity index (χ2v) is 4.41. The molecule has 2 nitrogen and oxygen atoms in total. The molecule has 0 aliphatic carbocycles. The first-order valence-corrected chi connectivity index (χ1v) is 6.36. The number of nitrogen functional groups attached to an aromatic ring is 2. The number of hydrogen-bond donors (Lipinski definition) is 2. The molecule has 2 heteroatoms. The van der Waals surface area contributed by atoms with Crippen molar-refractivity contribution < 1.29 is 0 Å². The standard InChI is InChI=1S/C14H24N2/c1-3-5-7-11-9-10-13(15)14(16)12(11)8-6-4-2/h9-10H,3-8,15-16H2,1-2H3. The van der Waals surface area contributed by atoms with Gasteiger partial charge in [0.05, 0.1) is 11.4 Å². The van der Waals surface area contributed by atoms with Gasteiger partial charge in [-0.15, -0.1) is 0 Å². The molecule has 1 aromatic rings. The fraction of sp³-hybridized carbons (Fsp3) is 0.571. The molecule has 0 aliphatic heterocycles. The molecule has 90 valence electrons. The quantitative estimate of drug-likeness (QED) is 0.720. The molecule has 0 radical (unpaired) electrons. The predicted molar refractivity (Wildman–Crippen MR) is 72.5 cm³/mol. The fourth-order valence-corrected chi connectivity index (χ4v) is 1.98. The van der Waals surface area contributed by atoms with Gasteiger partial charge in [-0.1, -0.05) is 32.8 Å². The first-order chi connectivity index (χ1) is 7.70. The number of hydrogen-bond acceptors (Lipinski definition) is 2. The highest BCUT2D eigenvalue weighted by atomic mass is 14.7. The summed E-state index contributed by atoms with van der Waals surface area (Å²) in [6.45, 7) is 4.42. The molecule has 0 spiro atoms. The minimum Gasteiger partial charge on any atom is -0.397 e. The van der Waals surface area contributed by atoms with Crippen molar-refractivity contribution >= 4 is 11.4 Å². The van der Waals surface area contributed by atoms with E-state index in [-0.39, 0.29) is 0 Å². The fourth-order valence-electron chi connectivity index (χ4n) is 1.98. The minimum atomic E-state index is 0.728. The van der Waals surface area contributed by atoms with Crippen LogP contribution in [0.1, 0.15) is 50.7 Å². The minimum absolute atomic E-state index is 0.728. The summed E-state index contributed by atoms with van der Waals surface area (Å²) in [5.41, 5.74) is 16.1. The Kier molecular flexibility index (Phi) is 5.17. The Hall–Kier alpha value is -1.18. The topological polar surface area (TPSA) is 52.0 Å². The Morgan fingerprint density at radius 3 is 2.19 bits per heavy atom. The summed E-state index contributed by atoms with van der Waals surface area (Å²) in [6.07, 6.45) is 7.01. The maximum atomic E-state index is 6.07. The first kappa shape index (κ1) is 12.9. The van der Waals surface area contributed by atoms with Gasteiger partial charge >= 0.3 is 0 Å². The molecule has 16 heavy (non-hydrogen) atoms. The van der Waals surface area contributed by atoms with E-state index in [2.05, 4.69) is 19.9 Å². The molecule has 0 bridgehead atoms. The van der Waals surface area contributed by atoms with E-state index in [1.807, 2.05) is 6.07 Å². The SMILES string of the molecule is CCCCc1ccc(N)c(N)c1CCCC. The predicted octanol–water partition coefficient (Wildman–Crippen LogP) is 3.54. The highest BCUT2D eigenvalue weighted by Gasteiger charge is 2.08. The molecule has 0 saturated carbocycles. The van der Waals surface area contributed by atoms with Crippen LogP contribution in [-0.4, -0.2) is 0 Å². The van der Waals surface area contributed by atoms with Crippen molar-refractivity contribution in [3.8, 4) is 0 Å². The van der Waals surface area contributed by atoms with Crippen molar-refractivity contribution in [2.75, 3.05) is 11.5 Å². The van der Waals surface area contributed by atoms with Gasteiger partial charge in [0.1, 0.15) is 0 Å². The molecule has 0 aromatic heterocycles. The summed E-state index contributed by atoms with van der Waals surface area (Å²) in [7, 11) is 0. The summed E-state index contributed by atoms with van der Waals surface area (Å²) in [6, 6.07) is 4.09. The van der Waals surface area contributed by atoms with Gasteiger partial charge < -0.3 is 11.5 Å². The van der Waals surface area contributed by atoms with Gasteiger partial charge in [0.15, 0.2) is 0 Å².